The molecule has 0 bridgehead atoms. The van der Waals surface area contributed by atoms with Crippen LogP contribution in [0.4, 0.5) is 5.69 Å². The topological polar surface area (TPSA) is 65.3 Å². The largest absolute Gasteiger partial charge is 0.389 e. The van der Waals surface area contributed by atoms with Gasteiger partial charge in [0.1, 0.15) is 0 Å². The minimum Gasteiger partial charge on any atom is -0.389 e. The standard InChI is InChI=1S/C16H23ClN2O2/c1-11(2)6-12(3)21-10-14(20)9-19-16-5-4-13(8-18)7-15(16)17/h4-5,7,11-12,14,19-20H,6,9-10H2,1-3H3. The molecule has 0 heterocycles. The SMILES string of the molecule is CC(C)CC(C)OCC(O)CNc1ccc(C#N)cc1Cl. The zero-order valence-electron chi connectivity index (χ0n) is 12.8. The Morgan fingerprint density at radius 3 is 2.67 bits per heavy atom. The van der Waals surface area contributed by atoms with Crippen LogP contribution in [-0.2, 0) is 4.74 Å². The molecular formula is C16H23ClN2O2. The molecule has 4 nitrogen and oxygen atoms in total. The molecular weight excluding hydrogens is 288 g/mol. The van der Waals surface area contributed by atoms with Gasteiger partial charge in [0.25, 0.3) is 0 Å². The summed E-state index contributed by atoms with van der Waals surface area (Å²) in [6.07, 6.45) is 0.506. The molecule has 2 N–H and O–H groups in total. The van der Waals surface area contributed by atoms with Gasteiger partial charge in [-0.1, -0.05) is 25.4 Å². The monoisotopic (exact) mass is 310 g/mol. The zero-order chi connectivity index (χ0) is 15.8. The normalized spacial score (nSPS) is 13.8. The van der Waals surface area contributed by atoms with Gasteiger partial charge in [-0.15, -0.1) is 0 Å². The van der Waals surface area contributed by atoms with E-state index >= 15 is 0 Å². The first-order chi connectivity index (χ1) is 9.92. The molecule has 2 atom stereocenters. The molecule has 2 unspecified atom stereocenters. The van der Waals surface area contributed by atoms with Crippen LogP contribution in [0.15, 0.2) is 18.2 Å². The molecule has 0 spiro atoms. The summed E-state index contributed by atoms with van der Waals surface area (Å²) in [4.78, 5) is 0. The van der Waals surface area contributed by atoms with E-state index in [0.29, 0.717) is 28.7 Å². The lowest BCUT2D eigenvalue weighted by Gasteiger charge is -2.19. The van der Waals surface area contributed by atoms with Crippen molar-refractivity contribution in [2.24, 2.45) is 5.92 Å². The van der Waals surface area contributed by atoms with Crippen molar-refractivity contribution in [3.8, 4) is 6.07 Å². The average molecular weight is 311 g/mol. The molecule has 1 aromatic rings. The van der Waals surface area contributed by atoms with Crippen LogP contribution in [-0.4, -0.2) is 30.5 Å². The van der Waals surface area contributed by atoms with E-state index in [0.717, 1.165) is 6.42 Å². The van der Waals surface area contributed by atoms with Crippen molar-refractivity contribution < 1.29 is 9.84 Å². The van der Waals surface area contributed by atoms with Crippen LogP contribution in [0.3, 0.4) is 0 Å². The number of nitriles is 1. The van der Waals surface area contributed by atoms with Gasteiger partial charge in [-0.2, -0.15) is 5.26 Å². The fraction of sp³-hybridized carbons (Fsp3) is 0.562. The highest BCUT2D eigenvalue weighted by molar-refractivity contribution is 6.33. The Labute approximate surface area is 131 Å². The van der Waals surface area contributed by atoms with Gasteiger partial charge in [0.05, 0.1) is 41.2 Å². The summed E-state index contributed by atoms with van der Waals surface area (Å²) in [5, 5.41) is 22.2. The van der Waals surface area contributed by atoms with Crippen molar-refractivity contribution in [3.63, 3.8) is 0 Å². The summed E-state index contributed by atoms with van der Waals surface area (Å²) in [5.41, 5.74) is 1.21. The third-order valence-corrected chi connectivity index (χ3v) is 3.32. The van der Waals surface area contributed by atoms with E-state index in [1.807, 2.05) is 13.0 Å². The molecule has 0 saturated carbocycles. The Kier molecular flexibility index (Phi) is 7.52. The summed E-state index contributed by atoms with van der Waals surface area (Å²) >= 11 is 6.05. The number of aliphatic hydroxyl groups excluding tert-OH is 1. The molecule has 0 aliphatic rings. The van der Waals surface area contributed by atoms with E-state index < -0.39 is 6.10 Å². The van der Waals surface area contributed by atoms with Crippen LogP contribution < -0.4 is 5.32 Å². The fourth-order valence-electron chi connectivity index (χ4n) is 2.02. The van der Waals surface area contributed by atoms with Crippen LogP contribution in [0.1, 0.15) is 32.8 Å². The lowest BCUT2D eigenvalue weighted by Crippen LogP contribution is -2.27. The van der Waals surface area contributed by atoms with E-state index in [4.69, 9.17) is 21.6 Å². The summed E-state index contributed by atoms with van der Waals surface area (Å²) in [6.45, 7) is 6.93. The average Bonchev–Trinajstić information content (AvgIpc) is 2.43. The van der Waals surface area contributed by atoms with Crippen molar-refractivity contribution in [1.29, 1.82) is 5.26 Å². The van der Waals surface area contributed by atoms with Crippen molar-refractivity contribution in [2.45, 2.75) is 39.4 Å². The van der Waals surface area contributed by atoms with E-state index in [2.05, 4.69) is 19.2 Å². The number of aliphatic hydroxyl groups is 1. The maximum Gasteiger partial charge on any atom is 0.0992 e. The Morgan fingerprint density at radius 2 is 2.10 bits per heavy atom. The predicted octanol–water partition coefficient (Wildman–Crippen LogP) is 3.44. The number of nitrogens with one attached hydrogen (secondary N) is 1. The number of anilines is 1. The van der Waals surface area contributed by atoms with Gasteiger partial charge in [-0.25, -0.2) is 0 Å². The van der Waals surface area contributed by atoms with Gasteiger partial charge in [0.2, 0.25) is 0 Å². The maximum absolute atomic E-state index is 9.90. The smallest absolute Gasteiger partial charge is 0.0992 e. The quantitative estimate of drug-likeness (QED) is 0.772. The van der Waals surface area contributed by atoms with Crippen molar-refractivity contribution in [3.05, 3.63) is 28.8 Å². The highest BCUT2D eigenvalue weighted by Crippen LogP contribution is 2.22. The third kappa shape index (κ3) is 6.81. The van der Waals surface area contributed by atoms with Crippen LogP contribution in [0.25, 0.3) is 0 Å². The Hall–Kier alpha value is -1.28. The van der Waals surface area contributed by atoms with Gasteiger partial charge in [0, 0.05) is 6.54 Å². The Balaban J connectivity index is 2.36. The van der Waals surface area contributed by atoms with Crippen molar-refractivity contribution in [1.82, 2.24) is 0 Å². The van der Waals surface area contributed by atoms with Crippen LogP contribution in [0, 0.1) is 17.2 Å². The summed E-state index contributed by atoms with van der Waals surface area (Å²) < 4.78 is 5.60. The lowest BCUT2D eigenvalue weighted by atomic mass is 10.1. The minimum absolute atomic E-state index is 0.137. The molecule has 116 valence electrons. The molecule has 21 heavy (non-hydrogen) atoms. The molecule has 0 radical (unpaired) electrons. The first kappa shape index (κ1) is 17.8. The second-order valence-electron chi connectivity index (χ2n) is 5.61. The van der Waals surface area contributed by atoms with Gasteiger partial charge in [0.15, 0.2) is 0 Å². The summed E-state index contributed by atoms with van der Waals surface area (Å²) in [5.74, 6) is 0.577. The molecule has 0 aliphatic carbocycles. The fourth-order valence-corrected chi connectivity index (χ4v) is 2.27. The van der Waals surface area contributed by atoms with Crippen molar-refractivity contribution in [2.75, 3.05) is 18.5 Å². The molecule has 5 heteroatoms. The van der Waals surface area contributed by atoms with E-state index in [-0.39, 0.29) is 12.7 Å². The molecule has 0 saturated heterocycles. The second kappa shape index (κ2) is 8.89. The molecule has 0 aromatic heterocycles. The highest BCUT2D eigenvalue weighted by atomic mass is 35.5. The zero-order valence-corrected chi connectivity index (χ0v) is 13.5. The molecule has 0 amide bonds. The first-order valence-corrected chi connectivity index (χ1v) is 7.53. The third-order valence-electron chi connectivity index (χ3n) is 3.00. The lowest BCUT2D eigenvalue weighted by molar-refractivity contribution is -0.00443. The molecule has 1 aromatic carbocycles. The Morgan fingerprint density at radius 1 is 1.38 bits per heavy atom. The first-order valence-electron chi connectivity index (χ1n) is 7.15. The van der Waals surface area contributed by atoms with Gasteiger partial charge >= 0.3 is 0 Å². The number of rotatable bonds is 8. The van der Waals surface area contributed by atoms with Crippen LogP contribution in [0.2, 0.25) is 5.02 Å². The highest BCUT2D eigenvalue weighted by Gasteiger charge is 2.10. The van der Waals surface area contributed by atoms with Gasteiger partial charge in [-0.05, 0) is 37.5 Å². The number of ether oxygens (including phenoxy) is 1. The predicted molar refractivity (Wildman–Crippen MR) is 85.5 cm³/mol. The number of nitrogens with zero attached hydrogens (tertiary/aromatic N) is 1. The van der Waals surface area contributed by atoms with Crippen LogP contribution in [0.5, 0.6) is 0 Å². The molecule has 1 rings (SSSR count). The second-order valence-corrected chi connectivity index (χ2v) is 6.02. The van der Waals surface area contributed by atoms with Crippen LogP contribution >= 0.6 is 11.6 Å². The molecule has 0 aliphatic heterocycles. The van der Waals surface area contributed by atoms with E-state index in [9.17, 15) is 5.11 Å². The number of benzene rings is 1. The van der Waals surface area contributed by atoms with Gasteiger partial charge < -0.3 is 15.2 Å². The summed E-state index contributed by atoms with van der Waals surface area (Å²) in [7, 11) is 0. The number of hydrogen-bond acceptors (Lipinski definition) is 4. The van der Waals surface area contributed by atoms with E-state index in [1.54, 1.807) is 18.2 Å². The summed E-state index contributed by atoms with van der Waals surface area (Å²) in [6, 6.07) is 7.04. The number of halogens is 1. The molecule has 0 fully saturated rings. The Bertz CT molecular complexity index is 486. The van der Waals surface area contributed by atoms with Crippen molar-refractivity contribution >= 4 is 17.3 Å². The van der Waals surface area contributed by atoms with E-state index in [1.165, 1.54) is 0 Å². The maximum atomic E-state index is 9.90. The minimum atomic E-state index is -0.605. The van der Waals surface area contributed by atoms with Gasteiger partial charge in [-0.3, -0.25) is 0 Å². The number of hydrogen-bond donors (Lipinski definition) is 2.